The normalized spacial score (nSPS) is 13.7. The van der Waals surface area contributed by atoms with E-state index in [1.165, 1.54) is 0 Å². The van der Waals surface area contributed by atoms with Gasteiger partial charge in [-0.3, -0.25) is 4.21 Å². The van der Waals surface area contributed by atoms with Crippen LogP contribution in [0, 0.1) is 0 Å². The average Bonchev–Trinajstić information content (AvgIpc) is 2.15. The van der Waals surface area contributed by atoms with Crippen molar-refractivity contribution in [3.05, 3.63) is 29.3 Å². The molecule has 0 aromatic heterocycles. The maximum absolute atomic E-state index is 11.4. The average molecular weight is 254 g/mol. The SMILES string of the molecule is O=[P+](O)OC[S@@](=O)c1ccc(Cl)cc1. The van der Waals surface area contributed by atoms with E-state index in [1.807, 2.05) is 0 Å². The van der Waals surface area contributed by atoms with E-state index in [-0.39, 0.29) is 5.94 Å². The fourth-order valence-electron chi connectivity index (χ4n) is 0.747. The highest BCUT2D eigenvalue weighted by Gasteiger charge is 2.15. The van der Waals surface area contributed by atoms with Crippen molar-refractivity contribution < 1.29 is 18.2 Å². The summed E-state index contributed by atoms with van der Waals surface area (Å²) < 4.78 is 25.8. The lowest BCUT2D eigenvalue weighted by Crippen LogP contribution is -1.98. The molecule has 0 fully saturated rings. The zero-order valence-corrected chi connectivity index (χ0v) is 9.39. The van der Waals surface area contributed by atoms with E-state index in [1.54, 1.807) is 24.3 Å². The second-order valence-corrected chi connectivity index (χ2v) is 4.85. The van der Waals surface area contributed by atoms with E-state index >= 15 is 0 Å². The molecule has 0 aliphatic heterocycles. The molecule has 76 valence electrons. The number of hydrogen-bond donors (Lipinski definition) is 1. The molecule has 7 heteroatoms. The van der Waals surface area contributed by atoms with Crippen molar-refractivity contribution in [2.45, 2.75) is 4.90 Å². The summed E-state index contributed by atoms with van der Waals surface area (Å²) in [5, 5.41) is 0.542. The van der Waals surface area contributed by atoms with Crippen molar-refractivity contribution in [2.24, 2.45) is 0 Å². The summed E-state index contributed by atoms with van der Waals surface area (Å²) in [6, 6.07) is 6.33. The lowest BCUT2D eigenvalue weighted by atomic mass is 10.4. The Hall–Kier alpha value is -0.320. The lowest BCUT2D eigenvalue weighted by molar-refractivity contribution is 0.327. The third-order valence-corrected chi connectivity index (χ3v) is 3.25. The van der Waals surface area contributed by atoms with Gasteiger partial charge in [0, 0.05) is 14.5 Å². The lowest BCUT2D eigenvalue weighted by Gasteiger charge is -1.97. The molecule has 1 unspecified atom stereocenters. The van der Waals surface area contributed by atoms with Crippen LogP contribution < -0.4 is 0 Å². The van der Waals surface area contributed by atoms with Crippen molar-refractivity contribution in [3.63, 3.8) is 0 Å². The van der Waals surface area contributed by atoms with Gasteiger partial charge in [-0.1, -0.05) is 11.6 Å². The topological polar surface area (TPSA) is 63.6 Å². The van der Waals surface area contributed by atoms with Crippen LogP contribution in [0.5, 0.6) is 0 Å². The number of halogens is 1. The number of benzene rings is 1. The highest BCUT2D eigenvalue weighted by Crippen LogP contribution is 2.18. The molecule has 1 N–H and O–H groups in total. The monoisotopic (exact) mass is 253 g/mol. The molecule has 0 saturated carbocycles. The van der Waals surface area contributed by atoms with Gasteiger partial charge in [0.25, 0.3) is 0 Å². The largest absolute Gasteiger partial charge is 0.695 e. The molecule has 0 bridgehead atoms. The van der Waals surface area contributed by atoms with Crippen molar-refractivity contribution in [1.29, 1.82) is 0 Å². The summed E-state index contributed by atoms with van der Waals surface area (Å²) >= 11 is 5.63. The summed E-state index contributed by atoms with van der Waals surface area (Å²) in [5.74, 6) is -0.298. The summed E-state index contributed by atoms with van der Waals surface area (Å²) in [7, 11) is -4.14. The summed E-state index contributed by atoms with van der Waals surface area (Å²) in [4.78, 5) is 8.83. The van der Waals surface area contributed by atoms with Crippen molar-refractivity contribution in [1.82, 2.24) is 0 Å². The smallest absolute Gasteiger partial charge is 0.252 e. The predicted octanol–water partition coefficient (Wildman–Crippen LogP) is 2.07. The van der Waals surface area contributed by atoms with Gasteiger partial charge >= 0.3 is 8.25 Å². The maximum atomic E-state index is 11.4. The van der Waals surface area contributed by atoms with Gasteiger partial charge < -0.3 is 0 Å². The maximum Gasteiger partial charge on any atom is 0.695 e. The van der Waals surface area contributed by atoms with Crippen LogP contribution in [0.15, 0.2) is 29.2 Å². The third kappa shape index (κ3) is 3.82. The molecule has 0 heterocycles. The van der Waals surface area contributed by atoms with Gasteiger partial charge in [0.1, 0.15) is 0 Å². The molecule has 0 aliphatic carbocycles. The van der Waals surface area contributed by atoms with E-state index in [2.05, 4.69) is 4.52 Å². The molecule has 2 atom stereocenters. The Morgan fingerprint density at radius 1 is 1.43 bits per heavy atom. The van der Waals surface area contributed by atoms with Crippen LogP contribution in [-0.2, 0) is 19.9 Å². The van der Waals surface area contributed by atoms with Crippen molar-refractivity contribution in [2.75, 3.05) is 5.94 Å². The fraction of sp³-hybridized carbons (Fsp3) is 0.143. The van der Waals surface area contributed by atoms with Crippen molar-refractivity contribution >= 4 is 30.7 Å². The van der Waals surface area contributed by atoms with Crippen LogP contribution in [-0.4, -0.2) is 15.0 Å². The van der Waals surface area contributed by atoms with Gasteiger partial charge in [-0.15, -0.1) is 9.42 Å². The van der Waals surface area contributed by atoms with Gasteiger partial charge in [-0.25, -0.2) is 0 Å². The number of rotatable bonds is 4. The minimum Gasteiger partial charge on any atom is -0.252 e. The Morgan fingerprint density at radius 3 is 2.50 bits per heavy atom. The Labute approximate surface area is 89.3 Å². The first kappa shape index (κ1) is 11.8. The first-order valence-corrected chi connectivity index (χ1v) is 6.35. The molecule has 14 heavy (non-hydrogen) atoms. The van der Waals surface area contributed by atoms with Gasteiger partial charge in [-0.2, -0.15) is 0 Å². The Morgan fingerprint density at radius 2 is 2.00 bits per heavy atom. The Bertz CT molecular complexity index is 353. The van der Waals surface area contributed by atoms with Crippen LogP contribution in [0.25, 0.3) is 0 Å². The van der Waals surface area contributed by atoms with Gasteiger partial charge in [-0.05, 0) is 24.3 Å². The Kier molecular flexibility index (Phi) is 4.65. The molecule has 1 aromatic carbocycles. The van der Waals surface area contributed by atoms with E-state index in [9.17, 15) is 8.77 Å². The van der Waals surface area contributed by atoms with Crippen molar-refractivity contribution in [3.8, 4) is 0 Å². The third-order valence-electron chi connectivity index (χ3n) is 1.35. The Balaban J connectivity index is 2.61. The predicted molar refractivity (Wildman–Crippen MR) is 53.6 cm³/mol. The highest BCUT2D eigenvalue weighted by molar-refractivity contribution is 7.85. The zero-order valence-electron chi connectivity index (χ0n) is 6.92. The first-order chi connectivity index (χ1) is 6.59. The van der Waals surface area contributed by atoms with Crippen LogP contribution in [0.1, 0.15) is 0 Å². The molecule has 0 amide bonds. The van der Waals surface area contributed by atoms with Gasteiger partial charge in [0.05, 0.1) is 10.8 Å². The van der Waals surface area contributed by atoms with Crippen LogP contribution >= 0.6 is 19.9 Å². The van der Waals surface area contributed by atoms with E-state index in [0.29, 0.717) is 9.92 Å². The first-order valence-electron chi connectivity index (χ1n) is 3.52. The molecule has 0 saturated heterocycles. The van der Waals surface area contributed by atoms with E-state index in [4.69, 9.17) is 16.5 Å². The quantitative estimate of drug-likeness (QED) is 0.835. The molecular formula is C7H7ClO4PS+. The molecule has 1 rings (SSSR count). The van der Waals surface area contributed by atoms with Gasteiger partial charge in [0.2, 0.25) is 0 Å². The zero-order chi connectivity index (χ0) is 10.6. The second-order valence-electron chi connectivity index (χ2n) is 2.28. The summed E-state index contributed by atoms with van der Waals surface area (Å²) in [6.07, 6.45) is 0. The minimum absolute atomic E-state index is 0.298. The van der Waals surface area contributed by atoms with Crippen LogP contribution in [0.4, 0.5) is 0 Å². The van der Waals surface area contributed by atoms with E-state index in [0.717, 1.165) is 0 Å². The number of hydrogen-bond acceptors (Lipinski definition) is 3. The second kappa shape index (κ2) is 5.53. The molecule has 0 radical (unpaired) electrons. The molecule has 0 spiro atoms. The molecular weight excluding hydrogens is 247 g/mol. The molecule has 0 aliphatic rings. The fourth-order valence-corrected chi connectivity index (χ4v) is 2.19. The van der Waals surface area contributed by atoms with Crippen LogP contribution in [0.3, 0.4) is 0 Å². The highest BCUT2D eigenvalue weighted by atomic mass is 35.5. The van der Waals surface area contributed by atoms with E-state index < -0.39 is 19.1 Å². The summed E-state index contributed by atoms with van der Waals surface area (Å²) in [6.45, 7) is 0. The standard InChI is InChI=1S/C7H6ClO4PS/c8-6-1-3-7(4-2-6)14(11)5-12-13(9)10/h1-4H,5H2/p+1/t14-/m1/s1. The minimum atomic E-state index is -2.70. The molecule has 4 nitrogen and oxygen atoms in total. The molecule has 1 aromatic rings. The summed E-state index contributed by atoms with van der Waals surface area (Å²) in [5.41, 5.74) is 0. The van der Waals surface area contributed by atoms with Gasteiger partial charge in [0.15, 0.2) is 5.94 Å². The van der Waals surface area contributed by atoms with Crippen LogP contribution in [0.2, 0.25) is 5.02 Å².